The third-order valence-corrected chi connectivity index (χ3v) is 3.53. The average Bonchev–Trinajstić information content (AvgIpc) is 2.79. The second-order valence-corrected chi connectivity index (χ2v) is 5.04. The number of nitrogens with two attached hydrogens (primary N) is 1. The van der Waals surface area contributed by atoms with E-state index < -0.39 is 17.9 Å². The number of benzene rings is 1. The highest BCUT2D eigenvalue weighted by atomic mass is 16.5. The number of carbonyl (C=O) groups excluding carboxylic acids is 3. The first kappa shape index (κ1) is 17.1. The first-order chi connectivity index (χ1) is 11.4. The summed E-state index contributed by atoms with van der Waals surface area (Å²) in [6.45, 7) is 3.15. The lowest BCUT2D eigenvalue weighted by Gasteiger charge is -2.12. The Kier molecular flexibility index (Phi) is 4.88. The van der Waals surface area contributed by atoms with Gasteiger partial charge in [0, 0.05) is 5.69 Å². The van der Waals surface area contributed by atoms with Crippen LogP contribution in [0.5, 0.6) is 0 Å². The Hall–Kier alpha value is -3.29. The topological polar surface area (TPSA) is 115 Å². The van der Waals surface area contributed by atoms with Gasteiger partial charge in [-0.3, -0.25) is 9.47 Å². The molecule has 1 aromatic carbocycles. The number of urea groups is 1. The number of rotatable bonds is 4. The fourth-order valence-electron chi connectivity index (χ4n) is 2.44. The van der Waals surface area contributed by atoms with Crippen molar-refractivity contribution in [1.82, 2.24) is 4.68 Å². The largest absolute Gasteiger partial charge is 0.465 e. The lowest BCUT2D eigenvalue weighted by molar-refractivity contribution is 0.0596. The van der Waals surface area contributed by atoms with Crippen LogP contribution in [0.2, 0.25) is 0 Å². The van der Waals surface area contributed by atoms with Crippen molar-refractivity contribution in [3.8, 4) is 0 Å². The highest BCUT2D eigenvalue weighted by Gasteiger charge is 2.27. The summed E-state index contributed by atoms with van der Waals surface area (Å²) >= 11 is 0. The summed E-state index contributed by atoms with van der Waals surface area (Å²) in [5.74, 6) is -1.48. The Bertz CT molecular complexity index is 796. The maximum Gasteiger partial charge on any atom is 0.340 e. The maximum absolute atomic E-state index is 12.1. The van der Waals surface area contributed by atoms with Gasteiger partial charge in [0.1, 0.15) is 0 Å². The smallest absolute Gasteiger partial charge is 0.340 e. The van der Waals surface area contributed by atoms with Crippen LogP contribution in [0, 0.1) is 13.8 Å². The average molecular weight is 330 g/mol. The molecule has 0 fully saturated rings. The fourth-order valence-corrected chi connectivity index (χ4v) is 2.44. The zero-order valence-corrected chi connectivity index (χ0v) is 13.5. The molecule has 8 nitrogen and oxygen atoms in total. The number of nitrogens with zero attached hydrogens (tertiary/aromatic N) is 1. The highest BCUT2D eigenvalue weighted by molar-refractivity contribution is 6.07. The minimum absolute atomic E-state index is 0.0133. The molecule has 2 aromatic rings. The van der Waals surface area contributed by atoms with Gasteiger partial charge in [0.15, 0.2) is 0 Å². The van der Waals surface area contributed by atoms with Crippen LogP contribution < -0.4 is 16.5 Å². The van der Waals surface area contributed by atoms with Gasteiger partial charge in [0.2, 0.25) is 0 Å². The van der Waals surface area contributed by atoms with Crippen molar-refractivity contribution in [2.45, 2.75) is 13.8 Å². The number of aromatic nitrogens is 1. The number of carbonyl (C=O) groups is 3. The Labute approximate surface area is 138 Å². The second kappa shape index (κ2) is 6.86. The number of esters is 1. The molecule has 0 aliphatic heterocycles. The number of ether oxygens (including phenoxy) is 1. The molecule has 0 unspecified atom stereocenters. The Morgan fingerprint density at radius 3 is 2.17 bits per heavy atom. The number of amides is 3. The van der Waals surface area contributed by atoms with Crippen molar-refractivity contribution in [2.24, 2.45) is 5.73 Å². The molecule has 1 aromatic heterocycles. The van der Waals surface area contributed by atoms with Crippen LogP contribution in [0.1, 0.15) is 32.1 Å². The number of methoxy groups -OCH3 is 1. The lowest BCUT2D eigenvalue weighted by atomic mass is 10.1. The number of hydrogen-bond donors (Lipinski definition) is 3. The van der Waals surface area contributed by atoms with Crippen LogP contribution in [0.15, 0.2) is 30.3 Å². The molecule has 0 radical (unpaired) electrons. The normalized spacial score (nSPS) is 10.1. The minimum Gasteiger partial charge on any atom is -0.465 e. The van der Waals surface area contributed by atoms with E-state index in [1.807, 2.05) is 6.07 Å². The van der Waals surface area contributed by atoms with E-state index in [4.69, 9.17) is 5.73 Å². The molecule has 2 rings (SSSR count). The number of nitrogens with one attached hydrogen (secondary N) is 2. The van der Waals surface area contributed by atoms with E-state index in [-0.39, 0.29) is 11.1 Å². The molecule has 0 saturated carbocycles. The zero-order valence-electron chi connectivity index (χ0n) is 13.5. The van der Waals surface area contributed by atoms with E-state index in [1.54, 1.807) is 38.1 Å². The third-order valence-electron chi connectivity index (χ3n) is 3.53. The summed E-state index contributed by atoms with van der Waals surface area (Å²) in [4.78, 5) is 35.7. The van der Waals surface area contributed by atoms with Crippen molar-refractivity contribution in [3.05, 3.63) is 52.8 Å². The monoisotopic (exact) mass is 330 g/mol. The van der Waals surface area contributed by atoms with E-state index in [1.165, 1.54) is 11.8 Å². The molecule has 4 N–H and O–H groups in total. The van der Waals surface area contributed by atoms with Gasteiger partial charge in [-0.1, -0.05) is 18.2 Å². The van der Waals surface area contributed by atoms with Gasteiger partial charge in [0.25, 0.3) is 5.91 Å². The molecule has 3 amide bonds. The van der Waals surface area contributed by atoms with Gasteiger partial charge >= 0.3 is 12.0 Å². The summed E-state index contributed by atoms with van der Waals surface area (Å²) in [5.41, 5.74) is 9.25. The Morgan fingerprint density at radius 1 is 1.04 bits per heavy atom. The van der Waals surface area contributed by atoms with Gasteiger partial charge in [-0.05, 0) is 26.0 Å². The minimum atomic E-state index is -0.778. The van der Waals surface area contributed by atoms with E-state index in [0.717, 1.165) is 0 Å². The van der Waals surface area contributed by atoms with Crippen molar-refractivity contribution in [2.75, 3.05) is 17.9 Å². The van der Waals surface area contributed by atoms with Crippen molar-refractivity contribution in [1.29, 1.82) is 0 Å². The van der Waals surface area contributed by atoms with Crippen LogP contribution in [-0.2, 0) is 4.74 Å². The molecule has 0 aliphatic carbocycles. The molecule has 0 aliphatic rings. The van der Waals surface area contributed by atoms with Crippen LogP contribution in [-0.4, -0.2) is 29.7 Å². The van der Waals surface area contributed by atoms with Crippen LogP contribution >= 0.6 is 0 Å². The molecule has 8 heteroatoms. The zero-order chi connectivity index (χ0) is 17.9. The van der Waals surface area contributed by atoms with E-state index >= 15 is 0 Å². The number of hydrogen-bond acceptors (Lipinski definition) is 4. The third kappa shape index (κ3) is 3.22. The molecular formula is C16H18N4O4. The molecule has 0 bridgehead atoms. The summed E-state index contributed by atoms with van der Waals surface area (Å²) < 4.78 is 6.01. The molecule has 0 atom stereocenters. The molecule has 0 saturated heterocycles. The molecular weight excluding hydrogens is 312 g/mol. The first-order valence-electron chi connectivity index (χ1n) is 7.09. The van der Waals surface area contributed by atoms with Crippen LogP contribution in [0.4, 0.5) is 10.5 Å². The number of anilines is 1. The van der Waals surface area contributed by atoms with Gasteiger partial charge in [-0.2, -0.15) is 0 Å². The van der Waals surface area contributed by atoms with E-state index in [9.17, 15) is 14.4 Å². The number of para-hydroxylation sites is 1. The van der Waals surface area contributed by atoms with Crippen LogP contribution in [0.25, 0.3) is 0 Å². The van der Waals surface area contributed by atoms with Crippen molar-refractivity contribution < 1.29 is 19.1 Å². The summed E-state index contributed by atoms with van der Waals surface area (Å²) in [7, 11) is 1.20. The molecule has 0 spiro atoms. The predicted molar refractivity (Wildman–Crippen MR) is 88.6 cm³/mol. The molecule has 24 heavy (non-hydrogen) atoms. The van der Waals surface area contributed by atoms with Gasteiger partial charge in [-0.15, -0.1) is 0 Å². The van der Waals surface area contributed by atoms with Gasteiger partial charge in [0.05, 0.1) is 29.6 Å². The molecule has 1 heterocycles. The highest BCUT2D eigenvalue weighted by Crippen LogP contribution is 2.22. The Morgan fingerprint density at radius 2 is 1.62 bits per heavy atom. The maximum atomic E-state index is 12.1. The van der Waals surface area contributed by atoms with Gasteiger partial charge in [-0.25, -0.2) is 15.0 Å². The summed E-state index contributed by atoms with van der Waals surface area (Å²) in [5, 5.41) is 2.64. The molecule has 126 valence electrons. The van der Waals surface area contributed by atoms with Crippen molar-refractivity contribution >= 4 is 23.6 Å². The standard InChI is InChI=1S/C16H18N4O4/c1-9-12(14(17)21)13(15(22)24-3)10(2)20(9)19-16(23)18-11-7-5-4-6-8-11/h4-8H,1-3H3,(H2,17,21)(H2,18,19,23). The lowest BCUT2D eigenvalue weighted by Crippen LogP contribution is -2.29. The quantitative estimate of drug-likeness (QED) is 0.741. The Balaban J connectivity index is 2.35. The van der Waals surface area contributed by atoms with Crippen molar-refractivity contribution in [3.63, 3.8) is 0 Å². The SMILES string of the molecule is COC(=O)c1c(C(N)=O)c(C)n(NC(=O)Nc2ccccc2)c1C. The fraction of sp³-hybridized carbons (Fsp3) is 0.188. The van der Waals surface area contributed by atoms with Gasteiger partial charge < -0.3 is 15.8 Å². The second-order valence-electron chi connectivity index (χ2n) is 5.04. The first-order valence-corrected chi connectivity index (χ1v) is 7.09. The van der Waals surface area contributed by atoms with E-state index in [2.05, 4.69) is 15.5 Å². The predicted octanol–water partition coefficient (Wildman–Crippen LogP) is 1.77. The van der Waals surface area contributed by atoms with Crippen LogP contribution in [0.3, 0.4) is 0 Å². The summed E-state index contributed by atoms with van der Waals surface area (Å²) in [6.07, 6.45) is 0. The number of primary amides is 1. The van der Waals surface area contributed by atoms with E-state index in [0.29, 0.717) is 17.1 Å². The summed E-state index contributed by atoms with van der Waals surface area (Å²) in [6, 6.07) is 8.30.